The van der Waals surface area contributed by atoms with Crippen molar-refractivity contribution in [3.05, 3.63) is 32.4 Å². The highest BCUT2D eigenvalue weighted by Gasteiger charge is 2.31. The Morgan fingerprint density at radius 3 is 2.88 bits per heavy atom. The van der Waals surface area contributed by atoms with Crippen LogP contribution < -0.4 is 0 Å². The first-order valence-electron chi connectivity index (χ1n) is 4.97. The molecule has 5 heteroatoms. The molecule has 0 radical (unpaired) electrons. The zero-order chi connectivity index (χ0) is 11.7. The van der Waals surface area contributed by atoms with Crippen molar-refractivity contribution in [2.75, 3.05) is 19.7 Å². The predicted octanol–water partition coefficient (Wildman–Crippen LogP) is 2.01. The van der Waals surface area contributed by atoms with Gasteiger partial charge in [-0.25, -0.2) is 0 Å². The average molecular weight is 352 g/mol. The van der Waals surface area contributed by atoms with Crippen LogP contribution in [0.3, 0.4) is 0 Å². The zero-order valence-corrected chi connectivity index (χ0v) is 11.4. The number of nitrogens with zero attached hydrogens (tertiary/aromatic N) is 1. The largest absolute Gasteiger partial charge is 0.396 e. The number of halogens is 2. The van der Waals surface area contributed by atoms with Crippen LogP contribution in [0.25, 0.3) is 0 Å². The van der Waals surface area contributed by atoms with Gasteiger partial charge < -0.3 is 10.0 Å². The molecule has 1 saturated heterocycles. The summed E-state index contributed by atoms with van der Waals surface area (Å²) in [4.78, 5) is 13.8. The Kier molecular flexibility index (Phi) is 3.71. The van der Waals surface area contributed by atoms with E-state index in [1.54, 1.807) is 17.0 Å². The number of benzene rings is 1. The van der Waals surface area contributed by atoms with Crippen molar-refractivity contribution in [1.29, 1.82) is 0 Å². The molecular weight excluding hydrogens is 340 g/mol. The molecule has 1 aliphatic rings. The van der Waals surface area contributed by atoms with Crippen molar-refractivity contribution >= 4 is 40.1 Å². The van der Waals surface area contributed by atoms with Gasteiger partial charge in [-0.1, -0.05) is 11.6 Å². The maximum atomic E-state index is 12.0. The highest BCUT2D eigenvalue weighted by Crippen LogP contribution is 2.23. The second-order valence-corrected chi connectivity index (χ2v) is 5.48. The summed E-state index contributed by atoms with van der Waals surface area (Å²) in [5.41, 5.74) is 0.643. The lowest BCUT2D eigenvalue weighted by molar-refractivity contribution is 0.0361. The Labute approximate surface area is 113 Å². The van der Waals surface area contributed by atoms with Gasteiger partial charge in [0.2, 0.25) is 0 Å². The minimum Gasteiger partial charge on any atom is -0.396 e. The van der Waals surface area contributed by atoms with E-state index in [1.807, 2.05) is 6.07 Å². The summed E-state index contributed by atoms with van der Waals surface area (Å²) in [6.45, 7) is 1.42. The van der Waals surface area contributed by atoms with Gasteiger partial charge in [-0.2, -0.15) is 0 Å². The molecule has 0 aliphatic carbocycles. The average Bonchev–Trinajstić information content (AvgIpc) is 2.20. The SMILES string of the molecule is O=C(c1cc(Cl)ccc1I)N1CC(CO)C1. The van der Waals surface area contributed by atoms with E-state index in [0.717, 1.165) is 3.57 Å². The highest BCUT2D eigenvalue weighted by molar-refractivity contribution is 14.1. The molecule has 0 aromatic heterocycles. The number of likely N-dealkylation sites (tertiary alicyclic amines) is 1. The summed E-state index contributed by atoms with van der Waals surface area (Å²) in [6, 6.07) is 5.30. The molecule has 0 unspecified atom stereocenters. The van der Waals surface area contributed by atoms with Gasteiger partial charge in [0.1, 0.15) is 0 Å². The maximum Gasteiger partial charge on any atom is 0.255 e. The van der Waals surface area contributed by atoms with E-state index in [4.69, 9.17) is 16.7 Å². The first-order valence-corrected chi connectivity index (χ1v) is 6.42. The van der Waals surface area contributed by atoms with E-state index in [2.05, 4.69) is 22.6 Å². The van der Waals surface area contributed by atoms with Gasteiger partial charge in [-0.15, -0.1) is 0 Å². The fourth-order valence-corrected chi connectivity index (χ4v) is 2.42. The van der Waals surface area contributed by atoms with Crippen LogP contribution in [0.4, 0.5) is 0 Å². The summed E-state index contributed by atoms with van der Waals surface area (Å²) < 4.78 is 0.902. The first kappa shape index (κ1) is 12.1. The Bertz CT molecular complexity index is 418. The molecule has 3 nitrogen and oxygen atoms in total. The van der Waals surface area contributed by atoms with Gasteiger partial charge in [-0.3, -0.25) is 4.79 Å². The number of carbonyl (C=O) groups is 1. The second kappa shape index (κ2) is 4.89. The van der Waals surface area contributed by atoms with Crippen molar-refractivity contribution in [3.8, 4) is 0 Å². The number of hydrogen-bond donors (Lipinski definition) is 1. The van der Waals surface area contributed by atoms with Gasteiger partial charge >= 0.3 is 0 Å². The first-order chi connectivity index (χ1) is 7.61. The van der Waals surface area contributed by atoms with Gasteiger partial charge in [-0.05, 0) is 40.8 Å². The fourth-order valence-electron chi connectivity index (χ4n) is 1.68. The van der Waals surface area contributed by atoms with E-state index < -0.39 is 0 Å². The van der Waals surface area contributed by atoms with Crippen molar-refractivity contribution in [2.24, 2.45) is 5.92 Å². The smallest absolute Gasteiger partial charge is 0.255 e. The molecule has 16 heavy (non-hydrogen) atoms. The standard InChI is InChI=1S/C11H11ClINO2/c12-8-1-2-10(13)9(3-8)11(16)14-4-7(5-14)6-15/h1-3,7,15H,4-6H2. The lowest BCUT2D eigenvalue weighted by atomic mass is 10.00. The summed E-state index contributed by atoms with van der Waals surface area (Å²) in [7, 11) is 0. The van der Waals surface area contributed by atoms with E-state index >= 15 is 0 Å². The van der Waals surface area contributed by atoms with Crippen LogP contribution in [-0.4, -0.2) is 35.6 Å². The lowest BCUT2D eigenvalue weighted by Gasteiger charge is -2.38. The molecule has 2 rings (SSSR count). The summed E-state index contributed by atoms with van der Waals surface area (Å²) in [5.74, 6) is 0.234. The quantitative estimate of drug-likeness (QED) is 0.828. The molecule has 0 atom stereocenters. The minimum atomic E-state index is -0.00315. The van der Waals surface area contributed by atoms with Gasteiger partial charge in [0, 0.05) is 34.2 Å². The van der Waals surface area contributed by atoms with E-state index in [1.165, 1.54) is 0 Å². The molecule has 1 heterocycles. The minimum absolute atomic E-state index is 0.00315. The van der Waals surface area contributed by atoms with Crippen LogP contribution in [0, 0.1) is 9.49 Å². The molecule has 0 spiro atoms. The predicted molar refractivity (Wildman–Crippen MR) is 70.6 cm³/mol. The van der Waals surface area contributed by atoms with Crippen LogP contribution in [0.5, 0.6) is 0 Å². The number of carbonyl (C=O) groups excluding carboxylic acids is 1. The number of rotatable bonds is 2. The maximum absolute atomic E-state index is 12.0. The Morgan fingerprint density at radius 2 is 2.25 bits per heavy atom. The number of aliphatic hydroxyl groups is 1. The lowest BCUT2D eigenvalue weighted by Crippen LogP contribution is -2.51. The number of hydrogen-bond acceptors (Lipinski definition) is 2. The van der Waals surface area contributed by atoms with Crippen molar-refractivity contribution < 1.29 is 9.90 Å². The zero-order valence-electron chi connectivity index (χ0n) is 8.49. The van der Waals surface area contributed by atoms with Crippen LogP contribution >= 0.6 is 34.2 Å². The third-order valence-electron chi connectivity index (χ3n) is 2.66. The summed E-state index contributed by atoms with van der Waals surface area (Å²) >= 11 is 7.99. The summed E-state index contributed by atoms with van der Waals surface area (Å²) in [6.07, 6.45) is 0. The van der Waals surface area contributed by atoms with Gasteiger partial charge in [0.15, 0.2) is 0 Å². The molecule has 1 N–H and O–H groups in total. The van der Waals surface area contributed by atoms with E-state index in [0.29, 0.717) is 23.7 Å². The molecular formula is C11H11ClINO2. The molecule has 1 fully saturated rings. The molecule has 0 saturated carbocycles. The molecule has 1 amide bonds. The molecule has 1 aliphatic heterocycles. The van der Waals surface area contributed by atoms with Gasteiger partial charge in [0.05, 0.1) is 5.56 Å². The monoisotopic (exact) mass is 351 g/mol. The van der Waals surface area contributed by atoms with E-state index in [-0.39, 0.29) is 18.4 Å². The van der Waals surface area contributed by atoms with Gasteiger partial charge in [0.25, 0.3) is 5.91 Å². The second-order valence-electron chi connectivity index (χ2n) is 3.88. The Hall–Kier alpha value is -0.330. The molecule has 0 bridgehead atoms. The van der Waals surface area contributed by atoms with Crippen molar-refractivity contribution in [3.63, 3.8) is 0 Å². The fraction of sp³-hybridized carbons (Fsp3) is 0.364. The number of amides is 1. The third kappa shape index (κ3) is 2.33. The molecule has 1 aromatic rings. The van der Waals surface area contributed by atoms with Crippen LogP contribution in [-0.2, 0) is 0 Å². The Balaban J connectivity index is 2.13. The van der Waals surface area contributed by atoms with Crippen LogP contribution in [0.1, 0.15) is 10.4 Å². The van der Waals surface area contributed by atoms with Crippen molar-refractivity contribution in [2.45, 2.75) is 0 Å². The molecule has 1 aromatic carbocycles. The van der Waals surface area contributed by atoms with Crippen LogP contribution in [0.2, 0.25) is 5.02 Å². The highest BCUT2D eigenvalue weighted by atomic mass is 127. The van der Waals surface area contributed by atoms with E-state index in [9.17, 15) is 4.79 Å². The third-order valence-corrected chi connectivity index (χ3v) is 3.84. The summed E-state index contributed by atoms with van der Waals surface area (Å²) in [5, 5.41) is 9.47. The number of aliphatic hydroxyl groups excluding tert-OH is 1. The topological polar surface area (TPSA) is 40.5 Å². The Morgan fingerprint density at radius 1 is 1.56 bits per heavy atom. The normalized spacial score (nSPS) is 16.1. The van der Waals surface area contributed by atoms with Crippen molar-refractivity contribution in [1.82, 2.24) is 4.90 Å². The molecule has 86 valence electrons. The van der Waals surface area contributed by atoms with Crippen LogP contribution in [0.15, 0.2) is 18.2 Å².